The van der Waals surface area contributed by atoms with E-state index in [0.29, 0.717) is 12.0 Å². The third-order valence-electron chi connectivity index (χ3n) is 2.78. The molecule has 2 N–H and O–H groups in total. The minimum absolute atomic E-state index is 0.223. The predicted molar refractivity (Wildman–Crippen MR) is 65.8 cm³/mol. The lowest BCUT2D eigenvalue weighted by atomic mass is 9.99. The van der Waals surface area contributed by atoms with Crippen molar-refractivity contribution in [2.45, 2.75) is 13.3 Å². The van der Waals surface area contributed by atoms with Crippen molar-refractivity contribution in [3.05, 3.63) is 63.1 Å². The molecule has 0 radical (unpaired) electrons. The minimum Gasteiger partial charge on any atom is -0.478 e. The first-order valence-corrected chi connectivity index (χ1v) is 5.43. The average Bonchev–Trinajstić information content (AvgIpc) is 2.34. The maximum atomic E-state index is 11.5. The predicted octanol–water partition coefficient (Wildman–Crippen LogP) is 1.37. The molecule has 92 valence electrons. The summed E-state index contributed by atoms with van der Waals surface area (Å²) in [6, 6.07) is 6.54. The Morgan fingerprint density at radius 3 is 2.72 bits per heavy atom. The highest BCUT2D eigenvalue weighted by Gasteiger charge is 2.07. The van der Waals surface area contributed by atoms with Gasteiger partial charge in [-0.05, 0) is 36.2 Å². The summed E-state index contributed by atoms with van der Waals surface area (Å²) in [6.45, 7) is 1.83. The van der Waals surface area contributed by atoms with Crippen LogP contribution < -0.4 is 5.56 Å². The maximum absolute atomic E-state index is 11.5. The van der Waals surface area contributed by atoms with E-state index in [1.165, 1.54) is 6.20 Å². The van der Waals surface area contributed by atoms with Gasteiger partial charge in [0, 0.05) is 18.2 Å². The number of nitrogens with zero attached hydrogens (tertiary/aromatic N) is 1. The van der Waals surface area contributed by atoms with Gasteiger partial charge < -0.3 is 5.11 Å². The van der Waals surface area contributed by atoms with Gasteiger partial charge in [-0.3, -0.25) is 4.79 Å². The molecule has 1 heterocycles. The number of hydrogen-bond acceptors (Lipinski definition) is 3. The van der Waals surface area contributed by atoms with Gasteiger partial charge in [-0.15, -0.1) is 0 Å². The van der Waals surface area contributed by atoms with Crippen molar-refractivity contribution in [3.8, 4) is 0 Å². The van der Waals surface area contributed by atoms with Crippen LogP contribution in [0.4, 0.5) is 0 Å². The van der Waals surface area contributed by atoms with Crippen molar-refractivity contribution in [1.29, 1.82) is 0 Å². The third kappa shape index (κ3) is 2.45. The molecule has 0 amide bonds. The molecule has 5 nitrogen and oxygen atoms in total. The van der Waals surface area contributed by atoms with E-state index in [-0.39, 0.29) is 11.1 Å². The Hall–Kier alpha value is -2.43. The number of aromatic amines is 1. The number of aromatic nitrogens is 2. The zero-order valence-corrected chi connectivity index (χ0v) is 9.80. The number of benzene rings is 1. The molecule has 0 aliphatic carbocycles. The summed E-state index contributed by atoms with van der Waals surface area (Å²) in [6.07, 6.45) is 1.99. The standard InChI is InChI=1S/C13H12N2O3/c1-8-6-11(13(17)18)3-2-9(8)7-10-4-5-14-15-12(10)16/h2-6H,7H2,1H3,(H,15,16)(H,17,18). The molecule has 0 fully saturated rings. The number of carbonyl (C=O) groups is 1. The number of nitrogens with one attached hydrogen (secondary N) is 1. The highest BCUT2D eigenvalue weighted by molar-refractivity contribution is 5.87. The molecule has 5 heteroatoms. The van der Waals surface area contributed by atoms with Crippen LogP contribution in [0.1, 0.15) is 27.0 Å². The molecule has 1 aromatic heterocycles. The van der Waals surface area contributed by atoms with Crippen LogP contribution in [0.25, 0.3) is 0 Å². The molecular formula is C13H12N2O3. The van der Waals surface area contributed by atoms with Gasteiger partial charge in [0.15, 0.2) is 0 Å². The lowest BCUT2D eigenvalue weighted by Gasteiger charge is -2.06. The largest absolute Gasteiger partial charge is 0.478 e. The molecule has 2 rings (SSSR count). The van der Waals surface area contributed by atoms with E-state index in [4.69, 9.17) is 5.11 Å². The van der Waals surface area contributed by atoms with Crippen LogP contribution in [0.3, 0.4) is 0 Å². The van der Waals surface area contributed by atoms with Crippen molar-refractivity contribution in [2.75, 3.05) is 0 Å². The van der Waals surface area contributed by atoms with Gasteiger partial charge in [0.05, 0.1) is 5.56 Å². The summed E-state index contributed by atoms with van der Waals surface area (Å²) in [7, 11) is 0. The normalized spacial score (nSPS) is 10.3. The van der Waals surface area contributed by atoms with Crippen molar-refractivity contribution < 1.29 is 9.90 Å². The summed E-state index contributed by atoms with van der Waals surface area (Å²) in [4.78, 5) is 22.3. The number of H-pyrrole nitrogens is 1. The molecule has 0 aliphatic rings. The van der Waals surface area contributed by atoms with Crippen molar-refractivity contribution in [3.63, 3.8) is 0 Å². The van der Waals surface area contributed by atoms with Gasteiger partial charge in [-0.1, -0.05) is 6.07 Å². The van der Waals surface area contributed by atoms with E-state index in [0.717, 1.165) is 11.1 Å². The number of hydrogen-bond donors (Lipinski definition) is 2. The number of carboxylic acids is 1. The highest BCUT2D eigenvalue weighted by atomic mass is 16.4. The monoisotopic (exact) mass is 244 g/mol. The fourth-order valence-corrected chi connectivity index (χ4v) is 1.74. The molecule has 0 saturated heterocycles. The maximum Gasteiger partial charge on any atom is 0.335 e. The topological polar surface area (TPSA) is 83.0 Å². The SMILES string of the molecule is Cc1cc(C(=O)O)ccc1Cc1ccn[nH]c1=O. The molecular weight excluding hydrogens is 232 g/mol. The van der Waals surface area contributed by atoms with Gasteiger partial charge in [0.25, 0.3) is 5.56 Å². The number of carboxylic acid groups (broad SMARTS) is 1. The molecule has 0 spiro atoms. The quantitative estimate of drug-likeness (QED) is 0.854. The zero-order valence-electron chi connectivity index (χ0n) is 9.80. The number of aromatic carboxylic acids is 1. The summed E-state index contributed by atoms with van der Waals surface area (Å²) >= 11 is 0. The second kappa shape index (κ2) is 4.83. The molecule has 2 aromatic rings. The second-order valence-corrected chi connectivity index (χ2v) is 4.03. The van der Waals surface area contributed by atoms with Crippen molar-refractivity contribution >= 4 is 5.97 Å². The Morgan fingerprint density at radius 2 is 2.11 bits per heavy atom. The van der Waals surface area contributed by atoms with E-state index >= 15 is 0 Å². The summed E-state index contributed by atoms with van der Waals surface area (Å²) in [5.41, 5.74) is 2.41. The Morgan fingerprint density at radius 1 is 1.33 bits per heavy atom. The Balaban J connectivity index is 2.33. The fraction of sp³-hybridized carbons (Fsp3) is 0.154. The molecule has 1 aromatic carbocycles. The Bertz CT molecular complexity index is 647. The zero-order chi connectivity index (χ0) is 13.1. The molecule has 0 atom stereocenters. The molecule has 0 bridgehead atoms. The molecule has 0 unspecified atom stereocenters. The van der Waals surface area contributed by atoms with E-state index in [9.17, 15) is 9.59 Å². The first-order valence-electron chi connectivity index (χ1n) is 5.43. The second-order valence-electron chi connectivity index (χ2n) is 4.03. The first kappa shape index (κ1) is 12.0. The van der Waals surface area contributed by atoms with E-state index in [1.54, 1.807) is 24.3 Å². The van der Waals surface area contributed by atoms with Crippen LogP contribution in [-0.4, -0.2) is 21.3 Å². The van der Waals surface area contributed by atoms with Crippen LogP contribution in [0.5, 0.6) is 0 Å². The minimum atomic E-state index is -0.952. The lowest BCUT2D eigenvalue weighted by molar-refractivity contribution is 0.0697. The van der Waals surface area contributed by atoms with Gasteiger partial charge in [0.2, 0.25) is 0 Å². The Labute approximate surface area is 103 Å². The molecule has 0 saturated carbocycles. The summed E-state index contributed by atoms with van der Waals surface area (Å²) in [5.74, 6) is -0.952. The van der Waals surface area contributed by atoms with E-state index < -0.39 is 5.97 Å². The summed E-state index contributed by atoms with van der Waals surface area (Å²) < 4.78 is 0. The van der Waals surface area contributed by atoms with Gasteiger partial charge in [0.1, 0.15) is 0 Å². The van der Waals surface area contributed by atoms with E-state index in [2.05, 4.69) is 10.2 Å². The smallest absolute Gasteiger partial charge is 0.335 e. The van der Waals surface area contributed by atoms with Crippen molar-refractivity contribution in [2.24, 2.45) is 0 Å². The Kier molecular flexibility index (Phi) is 3.23. The van der Waals surface area contributed by atoms with Crippen LogP contribution in [0, 0.1) is 6.92 Å². The van der Waals surface area contributed by atoms with Crippen LogP contribution in [0.2, 0.25) is 0 Å². The lowest BCUT2D eigenvalue weighted by Crippen LogP contribution is -2.14. The van der Waals surface area contributed by atoms with Crippen LogP contribution >= 0.6 is 0 Å². The third-order valence-corrected chi connectivity index (χ3v) is 2.78. The van der Waals surface area contributed by atoms with Crippen molar-refractivity contribution in [1.82, 2.24) is 10.2 Å². The number of rotatable bonds is 3. The first-order chi connectivity index (χ1) is 8.58. The van der Waals surface area contributed by atoms with E-state index in [1.807, 2.05) is 6.92 Å². The van der Waals surface area contributed by atoms with Crippen LogP contribution in [-0.2, 0) is 6.42 Å². The number of aryl methyl sites for hydroxylation is 1. The highest BCUT2D eigenvalue weighted by Crippen LogP contribution is 2.14. The van der Waals surface area contributed by atoms with Crippen LogP contribution in [0.15, 0.2) is 35.3 Å². The van der Waals surface area contributed by atoms with Gasteiger partial charge in [-0.2, -0.15) is 5.10 Å². The summed E-state index contributed by atoms with van der Waals surface area (Å²) in [5, 5.41) is 14.9. The fourth-order valence-electron chi connectivity index (χ4n) is 1.74. The molecule has 18 heavy (non-hydrogen) atoms. The molecule has 0 aliphatic heterocycles. The van der Waals surface area contributed by atoms with Gasteiger partial charge in [-0.25, -0.2) is 9.89 Å². The van der Waals surface area contributed by atoms with Gasteiger partial charge >= 0.3 is 5.97 Å². The average molecular weight is 244 g/mol.